The van der Waals surface area contributed by atoms with Gasteiger partial charge >= 0.3 is 6.18 Å². The van der Waals surface area contributed by atoms with Crippen LogP contribution in [0.15, 0.2) is 4.47 Å². The van der Waals surface area contributed by atoms with Crippen molar-refractivity contribution >= 4 is 15.9 Å². The number of nitrogens with zero attached hydrogens (tertiary/aromatic N) is 1. The third kappa shape index (κ3) is 2.04. The third-order valence-electron chi connectivity index (χ3n) is 1.58. The van der Waals surface area contributed by atoms with E-state index in [0.29, 0.717) is 5.69 Å². The van der Waals surface area contributed by atoms with Crippen LogP contribution in [0.1, 0.15) is 31.2 Å². The number of rotatable bonds is 1. The molecule has 0 unspecified atom stereocenters. The quantitative estimate of drug-likeness (QED) is 0.821. The molecule has 0 aliphatic carbocycles. The number of halogens is 4. The van der Waals surface area contributed by atoms with Crippen LogP contribution in [0.5, 0.6) is 0 Å². The maximum Gasteiger partial charge on any atom is 0.436 e. The van der Waals surface area contributed by atoms with Crippen LogP contribution < -0.4 is 0 Å². The standard InChI is InChI=1S/C7H8BrF3N2/c1-3(2)5-4(8)6(13-12-5)7(9,10)11/h3H,1-2H3,(H,12,13). The average Bonchev–Trinajstić information content (AvgIpc) is 2.28. The first kappa shape index (κ1) is 10.6. The smallest absolute Gasteiger partial charge is 0.281 e. The van der Waals surface area contributed by atoms with Crippen molar-refractivity contribution in [2.24, 2.45) is 0 Å². The Bertz CT molecular complexity index is 303. The lowest BCUT2D eigenvalue weighted by atomic mass is 10.1. The fraction of sp³-hybridized carbons (Fsp3) is 0.571. The van der Waals surface area contributed by atoms with Crippen molar-refractivity contribution in [3.8, 4) is 0 Å². The van der Waals surface area contributed by atoms with Crippen molar-refractivity contribution in [2.75, 3.05) is 0 Å². The largest absolute Gasteiger partial charge is 0.436 e. The van der Waals surface area contributed by atoms with Gasteiger partial charge < -0.3 is 0 Å². The van der Waals surface area contributed by atoms with E-state index < -0.39 is 11.9 Å². The molecule has 1 aromatic rings. The predicted molar refractivity (Wildman–Crippen MR) is 45.4 cm³/mol. The van der Waals surface area contributed by atoms with Gasteiger partial charge in [-0.25, -0.2) is 0 Å². The summed E-state index contributed by atoms with van der Waals surface area (Å²) in [5, 5.41) is 5.57. The molecule has 1 aromatic heterocycles. The van der Waals surface area contributed by atoms with Crippen molar-refractivity contribution in [1.82, 2.24) is 10.2 Å². The third-order valence-corrected chi connectivity index (χ3v) is 2.38. The molecule has 0 saturated carbocycles. The highest BCUT2D eigenvalue weighted by atomic mass is 79.9. The predicted octanol–water partition coefficient (Wildman–Crippen LogP) is 3.31. The van der Waals surface area contributed by atoms with Gasteiger partial charge in [0.1, 0.15) is 0 Å². The van der Waals surface area contributed by atoms with E-state index in [1.54, 1.807) is 13.8 Å². The van der Waals surface area contributed by atoms with Crippen LogP contribution in [0.4, 0.5) is 13.2 Å². The first-order valence-corrected chi connectivity index (χ1v) is 4.44. The monoisotopic (exact) mass is 256 g/mol. The molecule has 1 heterocycles. The first-order valence-electron chi connectivity index (χ1n) is 3.65. The van der Waals surface area contributed by atoms with Crippen molar-refractivity contribution in [3.63, 3.8) is 0 Å². The van der Waals surface area contributed by atoms with Gasteiger partial charge in [-0.05, 0) is 21.8 Å². The number of alkyl halides is 3. The Hall–Kier alpha value is -0.520. The lowest BCUT2D eigenvalue weighted by Gasteiger charge is -2.03. The molecule has 0 aromatic carbocycles. The van der Waals surface area contributed by atoms with Gasteiger partial charge in [0, 0.05) is 0 Å². The zero-order valence-electron chi connectivity index (χ0n) is 7.04. The fourth-order valence-electron chi connectivity index (χ4n) is 0.912. The first-order chi connectivity index (χ1) is 5.84. The second-order valence-corrected chi connectivity index (χ2v) is 3.75. The van der Waals surface area contributed by atoms with E-state index in [-0.39, 0.29) is 10.4 Å². The minimum atomic E-state index is -4.40. The number of hydrogen-bond donors (Lipinski definition) is 1. The molecule has 13 heavy (non-hydrogen) atoms. The van der Waals surface area contributed by atoms with Crippen LogP contribution in [0.25, 0.3) is 0 Å². The summed E-state index contributed by atoms with van der Waals surface area (Å²) in [6, 6.07) is 0. The summed E-state index contributed by atoms with van der Waals surface area (Å²) in [4.78, 5) is 0. The Morgan fingerprint density at radius 3 is 2.15 bits per heavy atom. The summed E-state index contributed by atoms with van der Waals surface area (Å²) < 4.78 is 36.6. The lowest BCUT2D eigenvalue weighted by Crippen LogP contribution is -2.06. The summed E-state index contributed by atoms with van der Waals surface area (Å²) in [7, 11) is 0. The number of hydrogen-bond acceptors (Lipinski definition) is 1. The van der Waals surface area contributed by atoms with Crippen LogP contribution in [0, 0.1) is 0 Å². The second kappa shape index (κ2) is 3.32. The van der Waals surface area contributed by atoms with E-state index >= 15 is 0 Å². The Balaban J connectivity index is 3.14. The minimum Gasteiger partial charge on any atom is -0.281 e. The highest BCUT2D eigenvalue weighted by molar-refractivity contribution is 9.10. The van der Waals surface area contributed by atoms with Gasteiger partial charge in [-0.2, -0.15) is 18.3 Å². The summed E-state index contributed by atoms with van der Waals surface area (Å²) >= 11 is 2.87. The van der Waals surface area contributed by atoms with Gasteiger partial charge in [-0.15, -0.1) is 0 Å². The van der Waals surface area contributed by atoms with Gasteiger partial charge in [-0.3, -0.25) is 5.10 Å². The molecule has 74 valence electrons. The van der Waals surface area contributed by atoms with Gasteiger partial charge in [0.2, 0.25) is 0 Å². The highest BCUT2D eigenvalue weighted by Crippen LogP contribution is 2.36. The molecule has 0 aliphatic heterocycles. The molecule has 0 fully saturated rings. The highest BCUT2D eigenvalue weighted by Gasteiger charge is 2.37. The number of H-pyrrole nitrogens is 1. The Kier molecular flexibility index (Phi) is 2.70. The minimum absolute atomic E-state index is 0.00926. The van der Waals surface area contributed by atoms with E-state index in [9.17, 15) is 13.2 Å². The zero-order chi connectivity index (χ0) is 10.2. The van der Waals surface area contributed by atoms with E-state index in [1.165, 1.54) is 0 Å². The zero-order valence-corrected chi connectivity index (χ0v) is 8.62. The fourth-order valence-corrected chi connectivity index (χ4v) is 1.77. The molecule has 1 N–H and O–H groups in total. The molecule has 0 saturated heterocycles. The number of aromatic nitrogens is 2. The Labute approximate surface area is 81.7 Å². The molecule has 1 rings (SSSR count). The number of aromatic amines is 1. The number of nitrogens with one attached hydrogen (secondary N) is 1. The van der Waals surface area contributed by atoms with E-state index in [4.69, 9.17) is 0 Å². The maximum absolute atomic E-state index is 12.2. The van der Waals surface area contributed by atoms with Crippen LogP contribution in [-0.4, -0.2) is 10.2 Å². The van der Waals surface area contributed by atoms with E-state index in [0.717, 1.165) is 0 Å². The Morgan fingerprint density at radius 1 is 1.38 bits per heavy atom. The summed E-state index contributed by atoms with van der Waals surface area (Å²) in [5.41, 5.74) is -0.427. The molecule has 0 aliphatic rings. The van der Waals surface area contributed by atoms with Crippen LogP contribution in [0.2, 0.25) is 0 Å². The maximum atomic E-state index is 12.2. The van der Waals surface area contributed by atoms with Gasteiger partial charge in [0.15, 0.2) is 5.69 Å². The van der Waals surface area contributed by atoms with Gasteiger partial charge in [0.25, 0.3) is 0 Å². The SMILES string of the molecule is CC(C)c1[nH]nc(C(F)(F)F)c1Br. The van der Waals surface area contributed by atoms with Crippen LogP contribution in [0.3, 0.4) is 0 Å². The van der Waals surface area contributed by atoms with Crippen molar-refractivity contribution < 1.29 is 13.2 Å². The molecule has 0 spiro atoms. The lowest BCUT2D eigenvalue weighted by molar-refractivity contribution is -0.141. The topological polar surface area (TPSA) is 28.7 Å². The normalized spacial score (nSPS) is 12.5. The second-order valence-electron chi connectivity index (χ2n) is 2.95. The average molecular weight is 257 g/mol. The van der Waals surface area contributed by atoms with Crippen molar-refractivity contribution in [3.05, 3.63) is 15.9 Å². The molecule has 0 bridgehead atoms. The van der Waals surface area contributed by atoms with Gasteiger partial charge in [-0.1, -0.05) is 13.8 Å². The molecule has 6 heteroatoms. The summed E-state index contributed by atoms with van der Waals surface area (Å²) in [6.07, 6.45) is -4.40. The van der Waals surface area contributed by atoms with Crippen LogP contribution >= 0.6 is 15.9 Å². The van der Waals surface area contributed by atoms with Crippen molar-refractivity contribution in [1.29, 1.82) is 0 Å². The molecule has 0 radical (unpaired) electrons. The molecule has 0 atom stereocenters. The summed E-state index contributed by atoms with van der Waals surface area (Å²) in [5.74, 6) is -0.0158. The molecular weight excluding hydrogens is 249 g/mol. The van der Waals surface area contributed by atoms with Crippen molar-refractivity contribution in [2.45, 2.75) is 25.9 Å². The van der Waals surface area contributed by atoms with E-state index in [1.807, 2.05) is 0 Å². The Morgan fingerprint density at radius 2 is 1.92 bits per heavy atom. The molecular formula is C7H8BrF3N2. The van der Waals surface area contributed by atoms with E-state index in [2.05, 4.69) is 26.1 Å². The van der Waals surface area contributed by atoms with Crippen LogP contribution in [-0.2, 0) is 6.18 Å². The van der Waals surface area contributed by atoms with Gasteiger partial charge in [0.05, 0.1) is 10.2 Å². The molecule has 2 nitrogen and oxygen atoms in total. The molecule has 0 amide bonds. The summed E-state index contributed by atoms with van der Waals surface area (Å²) in [6.45, 7) is 3.58.